The fraction of sp³-hybridized carbons (Fsp3) is 0. The van der Waals surface area contributed by atoms with Crippen molar-refractivity contribution in [3.05, 3.63) is 24.3 Å². The van der Waals surface area contributed by atoms with Crippen LogP contribution in [0.1, 0.15) is 0 Å². The van der Waals surface area contributed by atoms with E-state index >= 15 is 0 Å². The third kappa shape index (κ3) is 2.92. The van der Waals surface area contributed by atoms with Gasteiger partial charge in [0.25, 0.3) is 0 Å². The molecule has 0 saturated heterocycles. The van der Waals surface area contributed by atoms with Crippen molar-refractivity contribution < 1.29 is 29.6 Å². The molecule has 0 atom stereocenters. The van der Waals surface area contributed by atoms with Gasteiger partial charge >= 0.3 is 29.6 Å². The summed E-state index contributed by atoms with van der Waals surface area (Å²) in [5, 5.41) is 0.765. The number of benzene rings is 1. The fourth-order valence-electron chi connectivity index (χ4n) is 1.06. The molecule has 1 aromatic heterocycles. The van der Waals surface area contributed by atoms with Crippen LogP contribution in [0.15, 0.2) is 29.4 Å². The van der Waals surface area contributed by atoms with E-state index in [0.29, 0.717) is 3.53 Å². The number of aromatic amines is 1. The van der Waals surface area contributed by atoms with Crippen molar-refractivity contribution in [3.8, 4) is 0 Å². The number of para-hydroxylation sites is 2. The zero-order valence-corrected chi connectivity index (χ0v) is 11.9. The number of imidazole rings is 1. The zero-order valence-electron chi connectivity index (χ0n) is 7.48. The number of H-pyrrole nitrogens is 1. The maximum absolute atomic E-state index is 4.80. The molecule has 0 amide bonds. The van der Waals surface area contributed by atoms with Gasteiger partial charge in [-0.05, 0) is 12.1 Å². The van der Waals surface area contributed by atoms with Crippen LogP contribution >= 0.6 is 24.0 Å². The number of nitrogens with zero attached hydrogens (tertiary/aromatic N) is 1. The number of hydrogen-bond acceptors (Lipinski definition) is 4. The molecule has 14 heavy (non-hydrogen) atoms. The average Bonchev–Trinajstić information content (AvgIpc) is 2.44. The third-order valence-corrected chi connectivity index (χ3v) is 2.60. The Kier molecular flexibility index (Phi) is 4.82. The van der Waals surface area contributed by atoms with E-state index in [1.54, 1.807) is 0 Å². The number of aromatic nitrogens is 2. The molecule has 0 spiro atoms. The Bertz CT molecular complexity index is 422. The minimum absolute atomic E-state index is 0. The number of rotatable bonds is 1. The molecule has 0 aliphatic carbocycles. The van der Waals surface area contributed by atoms with Gasteiger partial charge in [-0.15, -0.1) is 0 Å². The second-order valence-electron chi connectivity index (χ2n) is 2.41. The predicted octanol–water partition coefficient (Wildman–Crippen LogP) is -0.509. The van der Waals surface area contributed by atoms with Crippen LogP contribution in [-0.4, -0.2) is 13.5 Å². The molecule has 0 aliphatic rings. The van der Waals surface area contributed by atoms with E-state index in [4.69, 9.17) is 24.8 Å². The topological polar surface area (TPSA) is 28.7 Å². The Morgan fingerprint density at radius 1 is 1.43 bits per heavy atom. The van der Waals surface area contributed by atoms with Gasteiger partial charge in [-0.2, -0.15) is 0 Å². The second-order valence-corrected chi connectivity index (χ2v) is 5.00. The quantitative estimate of drug-likeness (QED) is 0.318. The molecule has 0 aliphatic heterocycles. The maximum atomic E-state index is 4.80. The Balaban J connectivity index is 0.000000980. The Labute approximate surface area is 119 Å². The number of nitrogens with one attached hydrogen (secondary N) is 1. The van der Waals surface area contributed by atoms with Crippen molar-refractivity contribution in [3.63, 3.8) is 0 Å². The molecule has 1 heterocycles. The summed E-state index contributed by atoms with van der Waals surface area (Å²) < 4.78 is 0.457. The monoisotopic (exact) mass is 248 g/mol. The first kappa shape index (κ1) is 12.4. The molecule has 0 unspecified atom stereocenters. The minimum Gasteiger partial charge on any atom is -0.421 e. The van der Waals surface area contributed by atoms with E-state index < -0.39 is 0 Å². The summed E-state index contributed by atoms with van der Waals surface area (Å²) >= 11 is 10.9. The average molecular weight is 248 g/mol. The largest absolute Gasteiger partial charge is 1.00 e. The maximum Gasteiger partial charge on any atom is 1.00 e. The van der Waals surface area contributed by atoms with Crippen molar-refractivity contribution in [2.75, 3.05) is 0 Å². The van der Waals surface area contributed by atoms with Crippen LogP contribution in [-0.2, 0) is 12.6 Å². The first-order valence-electron chi connectivity index (χ1n) is 3.59. The molecule has 1 aromatic carbocycles. The molecule has 1 N–H and O–H groups in total. The van der Waals surface area contributed by atoms with Crippen LogP contribution in [0.25, 0.3) is 11.0 Å². The van der Waals surface area contributed by atoms with E-state index in [1.807, 2.05) is 24.3 Å². The van der Waals surface area contributed by atoms with Crippen LogP contribution in [0.5, 0.6) is 0 Å². The van der Waals surface area contributed by atoms with Gasteiger partial charge in [0.2, 0.25) is 0 Å². The standard InChI is InChI=1S/C8H6N2S3.Na/c11-8(12)13-7-9-5-3-1-2-4-6(5)10-7;/h1-4H,(H,9,10)(H,11,12);/q;+1/p-1. The van der Waals surface area contributed by atoms with Crippen LogP contribution in [0.2, 0.25) is 0 Å². The molecule has 2 nitrogen and oxygen atoms in total. The van der Waals surface area contributed by atoms with Gasteiger partial charge in [0.1, 0.15) is 0 Å². The number of thioether (sulfide) groups is 1. The molecule has 0 radical (unpaired) electrons. The van der Waals surface area contributed by atoms with E-state index in [-0.39, 0.29) is 29.6 Å². The molecule has 6 heteroatoms. The predicted molar refractivity (Wildman–Crippen MR) is 61.9 cm³/mol. The summed E-state index contributed by atoms with van der Waals surface area (Å²) in [5.74, 6) is 0. The van der Waals surface area contributed by atoms with Crippen molar-refractivity contribution in [1.29, 1.82) is 0 Å². The summed E-state index contributed by atoms with van der Waals surface area (Å²) in [7, 11) is 0. The molecule has 0 saturated carbocycles. The van der Waals surface area contributed by atoms with Gasteiger partial charge < -0.3 is 29.8 Å². The van der Waals surface area contributed by atoms with E-state index in [2.05, 4.69) is 9.97 Å². The molecular weight excluding hydrogens is 243 g/mol. The molecule has 0 fully saturated rings. The molecule has 0 bridgehead atoms. The molecule has 2 aromatic rings. The molecule has 2 rings (SSSR count). The summed E-state index contributed by atoms with van der Waals surface area (Å²) in [5.41, 5.74) is 1.95. The van der Waals surface area contributed by atoms with Gasteiger partial charge in [-0.1, -0.05) is 27.4 Å². The van der Waals surface area contributed by atoms with Crippen LogP contribution in [0.3, 0.4) is 0 Å². The SMILES string of the molecule is S=C([S-])Sc1nc2ccccc2[nH]1.[Na+]. The summed E-state index contributed by atoms with van der Waals surface area (Å²) in [4.78, 5) is 7.43. The number of thiocarbonyl (C=S) groups is 1. The van der Waals surface area contributed by atoms with Crippen molar-refractivity contribution in [2.24, 2.45) is 0 Å². The Hall–Kier alpha value is 0.350. The van der Waals surface area contributed by atoms with Gasteiger partial charge in [0.15, 0.2) is 5.16 Å². The molecular formula is C8H5N2NaS3. The van der Waals surface area contributed by atoms with Crippen molar-refractivity contribution >= 4 is 51.2 Å². The van der Waals surface area contributed by atoms with Gasteiger partial charge in [0.05, 0.1) is 11.0 Å². The Morgan fingerprint density at radius 2 is 2.14 bits per heavy atom. The Morgan fingerprint density at radius 3 is 2.79 bits per heavy atom. The van der Waals surface area contributed by atoms with Gasteiger partial charge in [-0.3, -0.25) is 0 Å². The van der Waals surface area contributed by atoms with Crippen LogP contribution in [0.4, 0.5) is 0 Å². The van der Waals surface area contributed by atoms with Gasteiger partial charge in [-0.25, -0.2) is 4.98 Å². The number of hydrogen-bond donors (Lipinski definition) is 1. The summed E-state index contributed by atoms with van der Waals surface area (Å²) in [6, 6.07) is 7.83. The smallest absolute Gasteiger partial charge is 0.421 e. The summed E-state index contributed by atoms with van der Waals surface area (Å²) in [6.45, 7) is 0. The van der Waals surface area contributed by atoms with E-state index in [9.17, 15) is 0 Å². The van der Waals surface area contributed by atoms with Crippen molar-refractivity contribution in [1.82, 2.24) is 9.97 Å². The van der Waals surface area contributed by atoms with E-state index in [1.165, 1.54) is 11.8 Å². The second kappa shape index (κ2) is 5.44. The fourth-order valence-corrected chi connectivity index (χ4v) is 1.99. The van der Waals surface area contributed by atoms with Crippen molar-refractivity contribution in [2.45, 2.75) is 5.16 Å². The first-order chi connectivity index (χ1) is 6.25. The van der Waals surface area contributed by atoms with Crippen LogP contribution in [0, 0.1) is 0 Å². The first-order valence-corrected chi connectivity index (χ1v) is 5.22. The molecule has 66 valence electrons. The van der Waals surface area contributed by atoms with E-state index in [0.717, 1.165) is 16.2 Å². The van der Waals surface area contributed by atoms with Crippen LogP contribution < -0.4 is 29.6 Å². The number of fused-ring (bicyclic) bond motifs is 1. The minimum atomic E-state index is 0. The third-order valence-electron chi connectivity index (χ3n) is 1.55. The normalized spacial score (nSPS) is 9.71. The summed E-state index contributed by atoms with van der Waals surface area (Å²) in [6.07, 6.45) is 0. The zero-order chi connectivity index (χ0) is 9.26. The van der Waals surface area contributed by atoms with Gasteiger partial charge in [0, 0.05) is 0 Å².